The number of anilines is 1. The molecule has 0 atom stereocenters. The zero-order valence-electron chi connectivity index (χ0n) is 19.1. The Balaban J connectivity index is 1.67. The van der Waals surface area contributed by atoms with Gasteiger partial charge in [-0.2, -0.15) is 0 Å². The molecule has 0 amide bonds. The number of carbonyl (C=O) groups excluding carboxylic acids is 2. The lowest BCUT2D eigenvalue weighted by atomic mass is 9.98. The van der Waals surface area contributed by atoms with Crippen LogP contribution in [-0.2, 0) is 14.3 Å². The van der Waals surface area contributed by atoms with Crippen molar-refractivity contribution < 1.29 is 23.8 Å². The molecule has 1 heterocycles. The molecule has 1 aromatic heterocycles. The lowest BCUT2D eigenvalue weighted by Crippen LogP contribution is -2.32. The smallest absolute Gasteiger partial charge is 0.202 e. The van der Waals surface area contributed by atoms with Crippen molar-refractivity contribution in [2.75, 3.05) is 39.4 Å². The number of ether oxygens (including phenoxy) is 3. The first-order valence-corrected chi connectivity index (χ1v) is 10.6. The molecule has 0 aliphatic heterocycles. The zero-order valence-corrected chi connectivity index (χ0v) is 19.1. The highest BCUT2D eigenvalue weighted by Crippen LogP contribution is 2.35. The van der Waals surface area contributed by atoms with Gasteiger partial charge in [0.25, 0.3) is 0 Å². The molecule has 174 valence electrons. The van der Waals surface area contributed by atoms with Gasteiger partial charge < -0.3 is 19.1 Å². The molecule has 2 aromatic carbocycles. The van der Waals surface area contributed by atoms with Crippen molar-refractivity contribution >= 4 is 39.7 Å². The monoisotopic (exact) mass is 460 g/mol. The van der Waals surface area contributed by atoms with Crippen LogP contribution in [0.25, 0.3) is 10.9 Å². The molecular formula is C25H24N4O5. The molecule has 9 heteroatoms. The second-order valence-electron chi connectivity index (χ2n) is 7.51. The largest absolute Gasteiger partial charge is 0.493 e. The van der Waals surface area contributed by atoms with Crippen molar-refractivity contribution in [1.82, 2.24) is 9.97 Å². The van der Waals surface area contributed by atoms with Crippen LogP contribution in [0, 0.1) is 0 Å². The van der Waals surface area contributed by atoms with Crippen molar-refractivity contribution in [2.24, 2.45) is 4.99 Å². The number of allylic oxidation sites excluding steroid dienone is 2. The first-order valence-electron chi connectivity index (χ1n) is 10.6. The Hall–Kier alpha value is -4.11. The van der Waals surface area contributed by atoms with Gasteiger partial charge in [-0.1, -0.05) is 18.2 Å². The van der Waals surface area contributed by atoms with Gasteiger partial charge in [0.2, 0.25) is 5.78 Å². The topological polar surface area (TPSA) is 103 Å². The number of aromatic nitrogens is 2. The fourth-order valence-corrected chi connectivity index (χ4v) is 3.56. The molecule has 0 saturated heterocycles. The summed E-state index contributed by atoms with van der Waals surface area (Å²) in [5.74, 6) is 0.712. The van der Waals surface area contributed by atoms with Gasteiger partial charge in [0.15, 0.2) is 23.1 Å². The van der Waals surface area contributed by atoms with E-state index in [1.807, 2.05) is 30.3 Å². The average molecular weight is 460 g/mol. The van der Waals surface area contributed by atoms with Crippen LogP contribution in [0.3, 0.4) is 0 Å². The van der Waals surface area contributed by atoms with Crippen molar-refractivity contribution in [1.29, 1.82) is 0 Å². The predicted molar refractivity (Wildman–Crippen MR) is 128 cm³/mol. The Kier molecular flexibility index (Phi) is 6.93. The molecule has 0 unspecified atom stereocenters. The Morgan fingerprint density at radius 3 is 2.56 bits per heavy atom. The number of fused-ring (bicyclic) bond motifs is 1. The van der Waals surface area contributed by atoms with Crippen molar-refractivity contribution in [3.8, 4) is 11.5 Å². The summed E-state index contributed by atoms with van der Waals surface area (Å²) in [5, 5.41) is 0.572. The highest BCUT2D eigenvalue weighted by Gasteiger charge is 2.28. The highest BCUT2D eigenvalue weighted by molar-refractivity contribution is 6.50. The van der Waals surface area contributed by atoms with E-state index in [1.54, 1.807) is 31.2 Å². The van der Waals surface area contributed by atoms with E-state index in [0.717, 1.165) is 5.69 Å². The number of aliphatic imine (C=N–C) groups is 1. The van der Waals surface area contributed by atoms with Crippen LogP contribution < -0.4 is 14.4 Å². The number of likely N-dealkylation sites (N-methyl/N-ethyl adjacent to an activating group) is 1. The maximum atomic E-state index is 12.9. The molecule has 9 nitrogen and oxygen atoms in total. The van der Waals surface area contributed by atoms with Crippen molar-refractivity contribution in [3.63, 3.8) is 0 Å². The van der Waals surface area contributed by atoms with Gasteiger partial charge in [-0.15, -0.1) is 0 Å². The maximum Gasteiger partial charge on any atom is 0.202 e. The Morgan fingerprint density at radius 2 is 1.82 bits per heavy atom. The Bertz CT molecular complexity index is 1290. The van der Waals surface area contributed by atoms with Gasteiger partial charge in [0.05, 0.1) is 37.1 Å². The van der Waals surface area contributed by atoms with E-state index in [9.17, 15) is 9.59 Å². The quantitative estimate of drug-likeness (QED) is 0.472. The molecule has 0 radical (unpaired) electrons. The molecule has 0 spiro atoms. The number of rotatable bonds is 8. The Labute approximate surface area is 196 Å². The third-order valence-corrected chi connectivity index (χ3v) is 5.36. The van der Waals surface area contributed by atoms with Gasteiger partial charge in [-0.25, -0.2) is 15.0 Å². The summed E-state index contributed by atoms with van der Waals surface area (Å²) < 4.78 is 16.2. The minimum atomic E-state index is -0.337. The maximum absolute atomic E-state index is 12.9. The molecule has 3 aromatic rings. The van der Waals surface area contributed by atoms with Gasteiger partial charge in [-0.3, -0.25) is 9.59 Å². The van der Waals surface area contributed by atoms with Gasteiger partial charge >= 0.3 is 0 Å². The molecule has 4 rings (SSSR count). The fourth-order valence-electron chi connectivity index (χ4n) is 3.56. The van der Waals surface area contributed by atoms with Crippen LogP contribution >= 0.6 is 0 Å². The summed E-state index contributed by atoms with van der Waals surface area (Å²) in [5.41, 5.74) is 1.82. The number of Topliss-reactive ketones (excluding diaryl/α,β-unsaturated/α-hetero) is 1. The first-order chi connectivity index (χ1) is 16.5. The van der Waals surface area contributed by atoms with E-state index >= 15 is 0 Å². The normalized spacial score (nSPS) is 14.9. The summed E-state index contributed by atoms with van der Waals surface area (Å²) in [6, 6.07) is 12.8. The number of benzene rings is 2. The molecule has 0 bridgehead atoms. The van der Waals surface area contributed by atoms with Crippen LogP contribution in [0.5, 0.6) is 11.5 Å². The van der Waals surface area contributed by atoms with Crippen molar-refractivity contribution in [2.45, 2.75) is 6.42 Å². The summed E-state index contributed by atoms with van der Waals surface area (Å²) >= 11 is 0. The SMILES string of the molecule is COCCOc1cc2ncnc(N=C3CC(=O)C(N(C)c4ccccc4)=CC3=O)c2cc1OC. The van der Waals surface area contributed by atoms with Crippen LogP contribution in [0.1, 0.15) is 6.42 Å². The van der Waals surface area contributed by atoms with E-state index in [-0.39, 0.29) is 29.5 Å². The first kappa shape index (κ1) is 23.1. The third kappa shape index (κ3) is 4.79. The minimum absolute atomic E-state index is 0.120. The number of hydrogen-bond donors (Lipinski definition) is 0. The lowest BCUT2D eigenvalue weighted by Gasteiger charge is -2.24. The molecule has 0 fully saturated rings. The summed E-state index contributed by atoms with van der Waals surface area (Å²) in [4.78, 5) is 40.4. The molecular weight excluding hydrogens is 436 g/mol. The number of hydrogen-bond acceptors (Lipinski definition) is 9. The third-order valence-electron chi connectivity index (χ3n) is 5.36. The summed E-state index contributed by atoms with van der Waals surface area (Å²) in [7, 11) is 4.87. The second kappa shape index (κ2) is 10.2. The predicted octanol–water partition coefficient (Wildman–Crippen LogP) is 3.30. The zero-order chi connectivity index (χ0) is 24.1. The number of carbonyl (C=O) groups is 2. The number of methoxy groups -OCH3 is 2. The van der Waals surface area contributed by atoms with Crippen molar-refractivity contribution in [3.05, 3.63) is 60.6 Å². The van der Waals surface area contributed by atoms with Gasteiger partial charge in [0, 0.05) is 37.4 Å². The number of nitrogens with zero attached hydrogens (tertiary/aromatic N) is 4. The number of ketones is 2. The molecule has 1 aliphatic carbocycles. The van der Waals surface area contributed by atoms with E-state index in [1.165, 1.54) is 19.5 Å². The number of para-hydroxylation sites is 1. The second-order valence-corrected chi connectivity index (χ2v) is 7.51. The average Bonchev–Trinajstić information content (AvgIpc) is 2.86. The highest BCUT2D eigenvalue weighted by atomic mass is 16.5. The van der Waals surface area contributed by atoms with Crippen LogP contribution in [0.2, 0.25) is 0 Å². The van der Waals surface area contributed by atoms with E-state index < -0.39 is 0 Å². The van der Waals surface area contributed by atoms with E-state index in [0.29, 0.717) is 41.3 Å². The fraction of sp³-hybridized carbons (Fsp3) is 0.240. The molecule has 0 N–H and O–H groups in total. The van der Waals surface area contributed by atoms with E-state index in [4.69, 9.17) is 14.2 Å². The van der Waals surface area contributed by atoms with E-state index in [2.05, 4.69) is 15.0 Å². The summed E-state index contributed by atoms with van der Waals surface area (Å²) in [6.07, 6.45) is 2.55. The van der Waals surface area contributed by atoms with Gasteiger partial charge in [-0.05, 0) is 18.2 Å². The van der Waals surface area contributed by atoms with Crippen LogP contribution in [0.15, 0.2) is 65.6 Å². The Morgan fingerprint density at radius 1 is 1.03 bits per heavy atom. The molecule has 0 saturated carbocycles. The van der Waals surface area contributed by atoms with Crippen LogP contribution in [0.4, 0.5) is 11.5 Å². The molecule has 34 heavy (non-hydrogen) atoms. The molecule has 1 aliphatic rings. The summed E-state index contributed by atoms with van der Waals surface area (Å²) in [6.45, 7) is 0.774. The van der Waals surface area contributed by atoms with Gasteiger partial charge in [0.1, 0.15) is 12.9 Å². The van der Waals surface area contributed by atoms with Crippen LogP contribution in [-0.4, -0.2) is 61.7 Å². The lowest BCUT2D eigenvalue weighted by molar-refractivity contribution is -0.116. The standard InChI is InChI=1S/C25H24N4O5/c1-29(16-7-5-4-6-8-16)20-14-21(30)19(12-22(20)31)28-25-17-11-23(33-3)24(34-10-9-32-2)13-18(17)26-15-27-25/h4-8,11,13-15H,9-10,12H2,1-3H3. The minimum Gasteiger partial charge on any atom is -0.493 e.